The van der Waals surface area contributed by atoms with E-state index in [9.17, 15) is 4.79 Å². The molecule has 3 rings (SSSR count). The lowest BCUT2D eigenvalue weighted by atomic mass is 10.1. The molecule has 1 fully saturated rings. The van der Waals surface area contributed by atoms with E-state index in [1.54, 1.807) is 19.2 Å². The van der Waals surface area contributed by atoms with Crippen LogP contribution in [0.4, 0.5) is 0 Å². The third-order valence-electron chi connectivity index (χ3n) is 4.75. The van der Waals surface area contributed by atoms with Crippen LogP contribution in [0.3, 0.4) is 0 Å². The fourth-order valence-corrected chi connectivity index (χ4v) is 3.39. The van der Waals surface area contributed by atoms with Crippen molar-refractivity contribution in [3.05, 3.63) is 59.5 Å². The van der Waals surface area contributed by atoms with Gasteiger partial charge in [0.2, 0.25) is 0 Å². The van der Waals surface area contributed by atoms with Gasteiger partial charge in [0.05, 0.1) is 6.26 Å². The van der Waals surface area contributed by atoms with Crippen molar-refractivity contribution in [3.8, 4) is 0 Å². The lowest BCUT2D eigenvalue weighted by Gasteiger charge is -2.36. The zero-order valence-corrected chi connectivity index (χ0v) is 16.9. The summed E-state index contributed by atoms with van der Waals surface area (Å²) in [5.41, 5.74) is 2.52. The van der Waals surface area contributed by atoms with Gasteiger partial charge in [0, 0.05) is 46.3 Å². The molecule has 0 bridgehead atoms. The topological polar surface area (TPSA) is 64.3 Å². The number of aliphatic imine (C=N–C) groups is 1. The van der Waals surface area contributed by atoms with Crippen LogP contribution in [0, 0.1) is 0 Å². The van der Waals surface area contributed by atoms with Crippen molar-refractivity contribution in [2.24, 2.45) is 4.99 Å². The molecule has 7 heteroatoms. The summed E-state index contributed by atoms with van der Waals surface area (Å²) in [5, 5.41) is 3.45. The molecule has 1 aromatic carbocycles. The molecule has 1 aliphatic rings. The van der Waals surface area contributed by atoms with E-state index in [0.29, 0.717) is 18.8 Å². The molecular formula is C21H29N5O2. The number of furan rings is 1. The average molecular weight is 383 g/mol. The van der Waals surface area contributed by atoms with Gasteiger partial charge in [-0.1, -0.05) is 24.3 Å². The van der Waals surface area contributed by atoms with E-state index in [-0.39, 0.29) is 5.91 Å². The highest BCUT2D eigenvalue weighted by atomic mass is 16.3. The van der Waals surface area contributed by atoms with E-state index in [1.807, 2.05) is 4.90 Å². The Bertz CT molecular complexity index is 793. The molecule has 150 valence electrons. The van der Waals surface area contributed by atoms with E-state index in [2.05, 4.69) is 58.5 Å². The highest BCUT2D eigenvalue weighted by molar-refractivity contribution is 5.91. The number of guanidine groups is 1. The number of hydrogen-bond acceptors (Lipinski definition) is 4. The van der Waals surface area contributed by atoms with Crippen molar-refractivity contribution >= 4 is 11.9 Å². The smallest absolute Gasteiger partial charge is 0.289 e. The van der Waals surface area contributed by atoms with Gasteiger partial charge in [0.1, 0.15) is 0 Å². The zero-order valence-electron chi connectivity index (χ0n) is 16.9. The maximum atomic E-state index is 12.4. The van der Waals surface area contributed by atoms with E-state index in [0.717, 1.165) is 32.1 Å². The first-order valence-corrected chi connectivity index (χ1v) is 9.57. The fraction of sp³-hybridized carbons (Fsp3) is 0.429. The Balaban J connectivity index is 1.52. The third kappa shape index (κ3) is 5.13. The Morgan fingerprint density at radius 3 is 2.46 bits per heavy atom. The first-order valence-electron chi connectivity index (χ1n) is 9.57. The van der Waals surface area contributed by atoms with Crippen LogP contribution in [0.2, 0.25) is 0 Å². The number of benzene rings is 1. The van der Waals surface area contributed by atoms with E-state index in [4.69, 9.17) is 4.42 Å². The number of rotatable bonds is 5. The summed E-state index contributed by atoms with van der Waals surface area (Å²) in [6, 6.07) is 12.0. The van der Waals surface area contributed by atoms with Crippen molar-refractivity contribution in [1.29, 1.82) is 0 Å². The van der Waals surface area contributed by atoms with Crippen LogP contribution >= 0.6 is 0 Å². The normalized spacial score (nSPS) is 15.2. The molecule has 2 heterocycles. The molecular weight excluding hydrogens is 354 g/mol. The van der Waals surface area contributed by atoms with Crippen LogP contribution in [0.1, 0.15) is 21.7 Å². The zero-order chi connectivity index (χ0) is 19.9. The second-order valence-electron chi connectivity index (χ2n) is 7.22. The Morgan fingerprint density at radius 2 is 1.82 bits per heavy atom. The first-order chi connectivity index (χ1) is 13.6. The number of carbonyl (C=O) groups excluding carboxylic acids is 1. The van der Waals surface area contributed by atoms with E-state index < -0.39 is 0 Å². The standard InChI is InChI=1S/C21H29N5O2/c1-22-21(23-15-17-6-4-7-18(14-17)16-24(2)3)26-11-9-25(10-12-26)20(27)19-8-5-13-28-19/h4-8,13-14H,9-12,15-16H2,1-3H3,(H,22,23). The van der Waals surface area contributed by atoms with Gasteiger partial charge in [-0.05, 0) is 37.4 Å². The monoisotopic (exact) mass is 383 g/mol. The number of piperazine rings is 1. The SMILES string of the molecule is CN=C(NCc1cccc(CN(C)C)c1)N1CCN(C(=O)c2ccco2)CC1. The van der Waals surface area contributed by atoms with Crippen molar-refractivity contribution in [3.63, 3.8) is 0 Å². The lowest BCUT2D eigenvalue weighted by Crippen LogP contribution is -2.53. The van der Waals surface area contributed by atoms with E-state index >= 15 is 0 Å². The Labute approximate surface area is 166 Å². The minimum absolute atomic E-state index is 0.0506. The van der Waals surface area contributed by atoms with Crippen LogP contribution in [0.5, 0.6) is 0 Å². The van der Waals surface area contributed by atoms with Crippen LogP contribution in [-0.4, -0.2) is 73.9 Å². The molecule has 1 aromatic heterocycles. The van der Waals surface area contributed by atoms with Crippen molar-refractivity contribution in [2.45, 2.75) is 13.1 Å². The highest BCUT2D eigenvalue weighted by Gasteiger charge is 2.25. The molecule has 1 aliphatic heterocycles. The lowest BCUT2D eigenvalue weighted by molar-refractivity contribution is 0.0657. The summed E-state index contributed by atoms with van der Waals surface area (Å²) in [6.45, 7) is 4.43. The maximum Gasteiger partial charge on any atom is 0.289 e. The molecule has 7 nitrogen and oxygen atoms in total. The molecule has 2 aromatic rings. The Morgan fingerprint density at radius 1 is 1.11 bits per heavy atom. The molecule has 28 heavy (non-hydrogen) atoms. The Hall–Kier alpha value is -2.80. The van der Waals surface area contributed by atoms with Crippen molar-refractivity contribution in [1.82, 2.24) is 20.0 Å². The second-order valence-corrected chi connectivity index (χ2v) is 7.22. The molecule has 1 N–H and O–H groups in total. The minimum atomic E-state index is -0.0506. The van der Waals surface area contributed by atoms with Gasteiger partial charge in [0.25, 0.3) is 5.91 Å². The van der Waals surface area contributed by atoms with Crippen LogP contribution in [0.15, 0.2) is 52.1 Å². The van der Waals surface area contributed by atoms with Gasteiger partial charge in [0.15, 0.2) is 11.7 Å². The summed E-state index contributed by atoms with van der Waals surface area (Å²) in [6.07, 6.45) is 1.53. The summed E-state index contributed by atoms with van der Waals surface area (Å²) in [4.78, 5) is 23.0. The summed E-state index contributed by atoms with van der Waals surface area (Å²) in [7, 11) is 5.94. The predicted molar refractivity (Wildman–Crippen MR) is 110 cm³/mol. The molecule has 0 spiro atoms. The molecule has 0 radical (unpaired) electrons. The molecule has 0 saturated carbocycles. The van der Waals surface area contributed by atoms with Gasteiger partial charge in [-0.25, -0.2) is 0 Å². The predicted octanol–water partition coefficient (Wildman–Crippen LogP) is 1.87. The van der Waals surface area contributed by atoms with Crippen LogP contribution in [-0.2, 0) is 13.1 Å². The van der Waals surface area contributed by atoms with Gasteiger partial charge in [-0.3, -0.25) is 9.79 Å². The second kappa shape index (κ2) is 9.41. The van der Waals surface area contributed by atoms with Crippen molar-refractivity contribution in [2.75, 3.05) is 47.3 Å². The van der Waals surface area contributed by atoms with Crippen LogP contribution in [0.25, 0.3) is 0 Å². The van der Waals surface area contributed by atoms with E-state index in [1.165, 1.54) is 17.4 Å². The molecule has 1 amide bonds. The van der Waals surface area contributed by atoms with Gasteiger partial charge in [-0.15, -0.1) is 0 Å². The van der Waals surface area contributed by atoms with Crippen LogP contribution < -0.4 is 5.32 Å². The number of hydrogen-bond donors (Lipinski definition) is 1. The van der Waals surface area contributed by atoms with Gasteiger partial charge >= 0.3 is 0 Å². The number of amides is 1. The summed E-state index contributed by atoms with van der Waals surface area (Å²) in [5.74, 6) is 1.21. The third-order valence-corrected chi connectivity index (χ3v) is 4.75. The largest absolute Gasteiger partial charge is 0.459 e. The molecule has 1 saturated heterocycles. The fourth-order valence-electron chi connectivity index (χ4n) is 3.39. The number of nitrogens with zero attached hydrogens (tertiary/aromatic N) is 4. The molecule has 0 aliphatic carbocycles. The summed E-state index contributed by atoms with van der Waals surface area (Å²) < 4.78 is 5.22. The Kier molecular flexibility index (Phi) is 6.71. The molecule has 0 unspecified atom stereocenters. The maximum absolute atomic E-state index is 12.4. The quantitative estimate of drug-likeness (QED) is 0.631. The number of nitrogens with one attached hydrogen (secondary N) is 1. The van der Waals surface area contributed by atoms with Gasteiger partial charge in [-0.2, -0.15) is 0 Å². The van der Waals surface area contributed by atoms with Gasteiger partial charge < -0.3 is 24.4 Å². The first kappa shape index (κ1) is 19.9. The van der Waals surface area contributed by atoms with Crippen molar-refractivity contribution < 1.29 is 9.21 Å². The summed E-state index contributed by atoms with van der Waals surface area (Å²) >= 11 is 0. The minimum Gasteiger partial charge on any atom is -0.459 e. The number of carbonyl (C=O) groups is 1. The highest BCUT2D eigenvalue weighted by Crippen LogP contribution is 2.10. The molecule has 0 atom stereocenters. The average Bonchev–Trinajstić information content (AvgIpc) is 3.23.